The molecule has 5 nitrogen and oxygen atoms in total. The SMILES string of the molecule is [2H]C([2H])(Br)c1cccc(C[C@H](C(=O)OC(C)(C)C)[C@H]2CCN(C(=O)OC(C)(C)C)C2)c1. The van der Waals surface area contributed by atoms with Crippen LogP contribution in [-0.2, 0) is 26.0 Å². The largest absolute Gasteiger partial charge is 0.460 e. The number of amides is 1. The van der Waals surface area contributed by atoms with Gasteiger partial charge in [0.2, 0.25) is 0 Å². The van der Waals surface area contributed by atoms with Crippen molar-refractivity contribution in [2.75, 3.05) is 13.1 Å². The van der Waals surface area contributed by atoms with Crippen LogP contribution in [0.1, 0.15) is 61.8 Å². The number of carbonyl (C=O) groups is 2. The number of nitrogens with zero attached hydrogens (tertiary/aromatic N) is 1. The van der Waals surface area contributed by atoms with E-state index in [9.17, 15) is 9.59 Å². The fourth-order valence-corrected chi connectivity index (χ4v) is 3.69. The molecule has 1 heterocycles. The van der Waals surface area contributed by atoms with Gasteiger partial charge in [0.25, 0.3) is 0 Å². The van der Waals surface area contributed by atoms with E-state index in [1.807, 2.05) is 47.6 Å². The summed E-state index contributed by atoms with van der Waals surface area (Å²) in [6.07, 6.45) is 0.730. The Morgan fingerprint density at radius 2 is 1.79 bits per heavy atom. The molecule has 1 aromatic rings. The molecule has 0 spiro atoms. The molecule has 0 saturated carbocycles. The van der Waals surface area contributed by atoms with Crippen molar-refractivity contribution in [2.45, 2.75) is 70.9 Å². The average Bonchev–Trinajstić information content (AvgIpc) is 3.06. The predicted molar refractivity (Wildman–Crippen MR) is 118 cm³/mol. The van der Waals surface area contributed by atoms with Crippen molar-refractivity contribution in [3.8, 4) is 0 Å². The van der Waals surface area contributed by atoms with Crippen LogP contribution in [0.4, 0.5) is 4.79 Å². The minimum absolute atomic E-state index is 0.0632. The molecular weight excluding hydrogens is 434 g/mol. The van der Waals surface area contributed by atoms with E-state index < -0.39 is 22.4 Å². The van der Waals surface area contributed by atoms with Gasteiger partial charge in [0.15, 0.2) is 0 Å². The molecule has 162 valence electrons. The van der Waals surface area contributed by atoms with E-state index in [0.717, 1.165) is 5.56 Å². The van der Waals surface area contributed by atoms with Crippen LogP contribution in [-0.4, -0.2) is 41.3 Å². The van der Waals surface area contributed by atoms with E-state index in [-0.39, 0.29) is 18.0 Å². The molecule has 1 saturated heterocycles. The van der Waals surface area contributed by atoms with Gasteiger partial charge in [-0.15, -0.1) is 0 Å². The van der Waals surface area contributed by atoms with Crippen molar-refractivity contribution < 1.29 is 21.8 Å². The molecule has 0 radical (unpaired) electrons. The van der Waals surface area contributed by atoms with E-state index in [4.69, 9.17) is 12.2 Å². The van der Waals surface area contributed by atoms with Gasteiger partial charge in [-0.1, -0.05) is 40.2 Å². The Morgan fingerprint density at radius 3 is 2.38 bits per heavy atom. The highest BCUT2D eigenvalue weighted by Gasteiger charge is 2.39. The standard InChI is InChI=1S/C23H34BrNO4/c1-22(2,3)28-20(26)19(13-16-8-7-9-17(12-16)14-24)18-10-11-25(15-18)21(27)29-23(4,5)6/h7-9,12,18-19H,10-11,13-15H2,1-6H3/t18-,19-/m0/s1/i14D2. The number of likely N-dealkylation sites (tertiary alicyclic amines) is 1. The molecular formula is C23H34BrNO4. The monoisotopic (exact) mass is 469 g/mol. The van der Waals surface area contributed by atoms with Crippen LogP contribution in [0, 0.1) is 11.8 Å². The lowest BCUT2D eigenvalue weighted by Gasteiger charge is -2.28. The number of hydrogen-bond donors (Lipinski definition) is 0. The number of rotatable bonds is 5. The third kappa shape index (κ3) is 7.65. The first kappa shape index (κ1) is 20.7. The first-order valence-electron chi connectivity index (χ1n) is 11.0. The smallest absolute Gasteiger partial charge is 0.410 e. The second kappa shape index (κ2) is 9.50. The Balaban J connectivity index is 2.22. The molecule has 0 aliphatic carbocycles. The van der Waals surface area contributed by atoms with Gasteiger partial charge in [-0.3, -0.25) is 4.79 Å². The highest BCUT2D eigenvalue weighted by Crippen LogP contribution is 2.31. The van der Waals surface area contributed by atoms with Crippen LogP contribution in [0.3, 0.4) is 0 Å². The number of halogens is 1. The molecule has 0 bridgehead atoms. The molecule has 2 rings (SSSR count). The summed E-state index contributed by atoms with van der Waals surface area (Å²) in [6.45, 7) is 12.0. The number of carbonyl (C=O) groups excluding carboxylic acids is 2. The molecule has 1 aliphatic rings. The lowest BCUT2D eigenvalue weighted by Crippen LogP contribution is -2.38. The Bertz CT molecular complexity index is 796. The molecule has 2 atom stereocenters. The molecule has 1 aromatic carbocycles. The molecule has 0 aromatic heterocycles. The summed E-state index contributed by atoms with van der Waals surface area (Å²) in [6, 6.07) is 7.16. The predicted octanol–water partition coefficient (Wildman–Crippen LogP) is 5.34. The van der Waals surface area contributed by atoms with Crippen molar-refractivity contribution in [3.63, 3.8) is 0 Å². The lowest BCUT2D eigenvalue weighted by atomic mass is 9.85. The van der Waals surface area contributed by atoms with E-state index in [1.54, 1.807) is 23.1 Å². The van der Waals surface area contributed by atoms with Gasteiger partial charge < -0.3 is 14.4 Å². The van der Waals surface area contributed by atoms with Crippen LogP contribution in [0.15, 0.2) is 24.3 Å². The van der Waals surface area contributed by atoms with Crippen molar-refractivity contribution in [1.82, 2.24) is 4.90 Å². The first-order valence-corrected chi connectivity index (χ1v) is 10.8. The van der Waals surface area contributed by atoms with Crippen LogP contribution >= 0.6 is 15.9 Å². The minimum atomic E-state index is -1.65. The highest BCUT2D eigenvalue weighted by molar-refractivity contribution is 9.08. The van der Waals surface area contributed by atoms with E-state index in [0.29, 0.717) is 31.5 Å². The van der Waals surface area contributed by atoms with Gasteiger partial charge in [-0.25, -0.2) is 4.79 Å². The van der Waals surface area contributed by atoms with Crippen molar-refractivity contribution >= 4 is 28.0 Å². The summed E-state index contributed by atoms with van der Waals surface area (Å²) < 4.78 is 27.0. The summed E-state index contributed by atoms with van der Waals surface area (Å²) in [5.41, 5.74) is 0.158. The maximum atomic E-state index is 13.1. The zero-order valence-electron chi connectivity index (χ0n) is 20.3. The first-order chi connectivity index (χ1) is 14.0. The Morgan fingerprint density at radius 1 is 1.17 bits per heavy atom. The third-order valence-electron chi connectivity index (χ3n) is 4.65. The van der Waals surface area contributed by atoms with Gasteiger partial charge >= 0.3 is 12.1 Å². The molecule has 0 N–H and O–H groups in total. The van der Waals surface area contributed by atoms with Crippen LogP contribution in [0.2, 0.25) is 0 Å². The zero-order chi connectivity index (χ0) is 23.6. The second-order valence-corrected chi connectivity index (χ2v) is 10.0. The molecule has 1 aliphatic heterocycles. The van der Waals surface area contributed by atoms with Gasteiger partial charge in [-0.2, -0.15) is 0 Å². The van der Waals surface area contributed by atoms with Crippen molar-refractivity contribution in [1.29, 1.82) is 0 Å². The number of alkyl halides is 1. The second-order valence-electron chi connectivity index (χ2n) is 9.61. The summed E-state index contributed by atoms with van der Waals surface area (Å²) in [4.78, 5) is 27.2. The molecule has 6 heteroatoms. The normalized spacial score (nSPS) is 20.0. The number of ether oxygens (including phenoxy) is 2. The summed E-state index contributed by atoms with van der Waals surface area (Å²) >= 11 is 3.05. The van der Waals surface area contributed by atoms with Gasteiger partial charge in [0.1, 0.15) is 11.2 Å². The van der Waals surface area contributed by atoms with Crippen molar-refractivity contribution in [2.24, 2.45) is 11.8 Å². The van der Waals surface area contributed by atoms with Crippen LogP contribution < -0.4 is 0 Å². The molecule has 1 amide bonds. The third-order valence-corrected chi connectivity index (χ3v) is 5.10. The maximum Gasteiger partial charge on any atom is 0.410 e. The number of benzene rings is 1. The average molecular weight is 470 g/mol. The molecule has 0 unspecified atom stereocenters. The molecule has 29 heavy (non-hydrogen) atoms. The fraction of sp³-hybridized carbons (Fsp3) is 0.652. The molecule has 1 fully saturated rings. The minimum Gasteiger partial charge on any atom is -0.460 e. The highest BCUT2D eigenvalue weighted by atomic mass is 79.9. The zero-order valence-corrected chi connectivity index (χ0v) is 19.8. The summed E-state index contributed by atoms with van der Waals surface area (Å²) in [7, 11) is 0. The van der Waals surface area contributed by atoms with Crippen molar-refractivity contribution in [3.05, 3.63) is 35.4 Å². The quantitative estimate of drug-likeness (QED) is 0.431. The Kier molecular flexibility index (Phi) is 6.78. The number of hydrogen-bond acceptors (Lipinski definition) is 4. The van der Waals surface area contributed by atoms with Gasteiger partial charge in [-0.05, 0) is 71.4 Å². The lowest BCUT2D eigenvalue weighted by molar-refractivity contribution is -0.161. The van der Waals surface area contributed by atoms with Crippen LogP contribution in [0.5, 0.6) is 0 Å². The Hall–Kier alpha value is -1.56. The number of esters is 1. The van der Waals surface area contributed by atoms with E-state index >= 15 is 0 Å². The Labute approximate surface area is 186 Å². The van der Waals surface area contributed by atoms with Gasteiger partial charge in [0, 0.05) is 21.1 Å². The van der Waals surface area contributed by atoms with E-state index in [2.05, 4.69) is 15.9 Å². The maximum absolute atomic E-state index is 13.1. The van der Waals surface area contributed by atoms with Crippen LogP contribution in [0.25, 0.3) is 0 Å². The summed E-state index contributed by atoms with van der Waals surface area (Å²) in [5.74, 6) is -0.800. The van der Waals surface area contributed by atoms with Gasteiger partial charge in [0.05, 0.1) is 5.92 Å². The fourth-order valence-electron chi connectivity index (χ4n) is 3.44. The summed E-state index contributed by atoms with van der Waals surface area (Å²) in [5, 5.41) is -1.65. The topological polar surface area (TPSA) is 55.8 Å². The van der Waals surface area contributed by atoms with E-state index in [1.165, 1.54) is 0 Å².